The van der Waals surface area contributed by atoms with Crippen LogP contribution in [0.5, 0.6) is 0 Å². The summed E-state index contributed by atoms with van der Waals surface area (Å²) in [7, 11) is 0. The minimum absolute atomic E-state index is 0.0229. The fraction of sp³-hybridized carbons (Fsp3) is 0.375. The zero-order chi connectivity index (χ0) is 21.9. The van der Waals surface area contributed by atoms with E-state index >= 15 is 0 Å². The molecule has 0 spiro atoms. The normalized spacial score (nSPS) is 11.6. The van der Waals surface area contributed by atoms with Crippen molar-refractivity contribution in [2.75, 3.05) is 18.1 Å². The highest BCUT2D eigenvalue weighted by atomic mass is 16.5. The molecule has 0 aromatic heterocycles. The predicted molar refractivity (Wildman–Crippen MR) is 118 cm³/mol. The Morgan fingerprint density at radius 3 is 2.07 bits per heavy atom. The molecule has 0 saturated carbocycles. The zero-order valence-corrected chi connectivity index (χ0v) is 17.4. The van der Waals surface area contributed by atoms with Crippen LogP contribution in [0.3, 0.4) is 0 Å². The second-order valence-corrected chi connectivity index (χ2v) is 7.56. The number of hydrogen-bond donors (Lipinski definition) is 2. The number of carbonyl (C=O) groups is 3. The first kappa shape index (κ1) is 23.1. The monoisotopic (exact) mass is 410 g/mol. The van der Waals surface area contributed by atoms with Crippen molar-refractivity contribution in [3.63, 3.8) is 0 Å². The lowest BCUT2D eigenvalue weighted by atomic mass is 9.90. The molecule has 0 amide bonds. The highest BCUT2D eigenvalue weighted by Crippen LogP contribution is 2.17. The van der Waals surface area contributed by atoms with E-state index in [0.717, 1.165) is 12.0 Å². The Bertz CT molecular complexity index is 845. The summed E-state index contributed by atoms with van der Waals surface area (Å²) >= 11 is 0. The van der Waals surface area contributed by atoms with E-state index < -0.39 is 0 Å². The number of benzene rings is 2. The molecule has 6 heteroatoms. The van der Waals surface area contributed by atoms with Crippen molar-refractivity contribution in [1.82, 2.24) is 0 Å². The van der Waals surface area contributed by atoms with E-state index in [1.54, 1.807) is 36.4 Å². The third-order valence-corrected chi connectivity index (χ3v) is 4.99. The average Bonchev–Trinajstić information content (AvgIpc) is 2.72. The second kappa shape index (κ2) is 11.8. The van der Waals surface area contributed by atoms with Gasteiger partial charge in [-0.15, -0.1) is 0 Å². The fourth-order valence-electron chi connectivity index (χ4n) is 3.14. The molecule has 0 radical (unpaired) electrons. The van der Waals surface area contributed by atoms with E-state index in [0.29, 0.717) is 49.2 Å². The number of rotatable bonds is 12. The number of ether oxygens (including phenoxy) is 1. The maximum absolute atomic E-state index is 12.3. The summed E-state index contributed by atoms with van der Waals surface area (Å²) in [5.41, 5.74) is 14.0. The number of hydrogen-bond acceptors (Lipinski definition) is 6. The lowest BCUT2D eigenvalue weighted by Gasteiger charge is -2.13. The number of carbonyl (C=O) groups excluding carboxylic acids is 3. The van der Waals surface area contributed by atoms with Crippen molar-refractivity contribution in [2.45, 2.75) is 45.4 Å². The van der Waals surface area contributed by atoms with Crippen LogP contribution in [0.2, 0.25) is 0 Å². The van der Waals surface area contributed by atoms with Gasteiger partial charge in [-0.1, -0.05) is 12.1 Å². The van der Waals surface area contributed by atoms with Crippen molar-refractivity contribution >= 4 is 28.9 Å². The number of esters is 1. The summed E-state index contributed by atoms with van der Waals surface area (Å²) in [6.07, 6.45) is 3.41. The topological polar surface area (TPSA) is 112 Å². The van der Waals surface area contributed by atoms with Gasteiger partial charge in [-0.3, -0.25) is 9.59 Å². The van der Waals surface area contributed by atoms with Gasteiger partial charge < -0.3 is 16.2 Å². The van der Waals surface area contributed by atoms with Gasteiger partial charge in [0.2, 0.25) is 0 Å². The molecular formula is C24H30N2O4. The molecule has 0 heterocycles. The molecule has 0 fully saturated rings. The second-order valence-electron chi connectivity index (χ2n) is 7.56. The van der Waals surface area contributed by atoms with Gasteiger partial charge in [-0.05, 0) is 74.6 Å². The summed E-state index contributed by atoms with van der Waals surface area (Å²) in [6, 6.07) is 14.0. The summed E-state index contributed by atoms with van der Waals surface area (Å²) in [5, 5.41) is 0. The van der Waals surface area contributed by atoms with Gasteiger partial charge in [-0.2, -0.15) is 0 Å². The molecule has 4 N–H and O–H groups in total. The molecule has 0 aliphatic heterocycles. The van der Waals surface area contributed by atoms with Crippen molar-refractivity contribution in [1.29, 1.82) is 0 Å². The van der Waals surface area contributed by atoms with E-state index in [9.17, 15) is 14.4 Å². The molecule has 0 aliphatic carbocycles. The quantitative estimate of drug-likeness (QED) is 0.311. The van der Waals surface area contributed by atoms with E-state index in [-0.39, 0.29) is 29.9 Å². The average molecular weight is 411 g/mol. The summed E-state index contributed by atoms with van der Waals surface area (Å²) in [5.74, 6) is -0.570. The van der Waals surface area contributed by atoms with Crippen molar-refractivity contribution < 1.29 is 19.1 Å². The number of nitrogens with two attached hydrogens (primary N) is 2. The van der Waals surface area contributed by atoms with Crippen molar-refractivity contribution in [3.8, 4) is 0 Å². The highest BCUT2D eigenvalue weighted by Gasteiger charge is 2.19. The van der Waals surface area contributed by atoms with Crippen molar-refractivity contribution in [2.24, 2.45) is 5.92 Å². The number of unbranched alkanes of at least 4 members (excludes halogenated alkanes) is 2. The Kier molecular flexibility index (Phi) is 9.06. The van der Waals surface area contributed by atoms with Crippen LogP contribution in [0, 0.1) is 5.92 Å². The molecule has 0 saturated heterocycles. The molecule has 2 rings (SSSR count). The minimum atomic E-state index is -0.377. The molecule has 1 atom stereocenters. The first-order valence-corrected chi connectivity index (χ1v) is 10.2. The minimum Gasteiger partial charge on any atom is -0.462 e. The Labute approximate surface area is 177 Å². The third-order valence-electron chi connectivity index (χ3n) is 4.99. The molecule has 1 unspecified atom stereocenters. The van der Waals surface area contributed by atoms with Crippen molar-refractivity contribution in [3.05, 3.63) is 59.7 Å². The van der Waals surface area contributed by atoms with Crippen LogP contribution < -0.4 is 11.5 Å². The van der Waals surface area contributed by atoms with Crippen LogP contribution in [0.4, 0.5) is 11.4 Å². The van der Waals surface area contributed by atoms with E-state index in [2.05, 4.69) is 0 Å². The van der Waals surface area contributed by atoms with Gasteiger partial charge in [0.1, 0.15) is 11.6 Å². The van der Waals surface area contributed by atoms with Crippen LogP contribution in [-0.4, -0.2) is 24.1 Å². The van der Waals surface area contributed by atoms with Crippen LogP contribution in [0.15, 0.2) is 48.5 Å². The van der Waals surface area contributed by atoms with Gasteiger partial charge >= 0.3 is 5.97 Å². The Morgan fingerprint density at radius 1 is 0.867 bits per heavy atom. The summed E-state index contributed by atoms with van der Waals surface area (Å²) in [6.45, 7) is 1.84. The van der Waals surface area contributed by atoms with Gasteiger partial charge in [0, 0.05) is 30.1 Å². The van der Waals surface area contributed by atoms with E-state index in [1.807, 2.05) is 12.1 Å². The third kappa shape index (κ3) is 8.07. The smallest absolute Gasteiger partial charge is 0.338 e. The van der Waals surface area contributed by atoms with Gasteiger partial charge in [-0.25, -0.2) is 4.79 Å². The standard InChI is InChI=1S/C24H30N2O4/c1-17(27)20(15-18-6-10-21(25)11-7-18)16-23(28)5-3-2-4-14-30-24(29)19-8-12-22(26)13-9-19/h6-13,20H,2-5,14-16,25-26H2,1H3. The van der Waals surface area contributed by atoms with E-state index in [1.165, 1.54) is 6.92 Å². The zero-order valence-electron chi connectivity index (χ0n) is 17.4. The molecule has 30 heavy (non-hydrogen) atoms. The first-order valence-electron chi connectivity index (χ1n) is 10.2. The molecule has 0 aliphatic rings. The highest BCUT2D eigenvalue weighted by molar-refractivity contribution is 5.89. The van der Waals surface area contributed by atoms with Gasteiger partial charge in [0.15, 0.2) is 0 Å². The fourth-order valence-corrected chi connectivity index (χ4v) is 3.14. The number of anilines is 2. The maximum Gasteiger partial charge on any atom is 0.338 e. The van der Waals surface area contributed by atoms with Gasteiger partial charge in [0.05, 0.1) is 12.2 Å². The molecular weight excluding hydrogens is 380 g/mol. The molecule has 2 aromatic carbocycles. The lowest BCUT2D eigenvalue weighted by Crippen LogP contribution is -2.18. The first-order chi connectivity index (χ1) is 14.3. The van der Waals surface area contributed by atoms with Crippen LogP contribution in [-0.2, 0) is 20.7 Å². The summed E-state index contributed by atoms with van der Waals surface area (Å²) in [4.78, 5) is 36.1. The largest absolute Gasteiger partial charge is 0.462 e. The number of ketones is 2. The van der Waals surface area contributed by atoms with Gasteiger partial charge in [0.25, 0.3) is 0 Å². The lowest BCUT2D eigenvalue weighted by molar-refractivity contribution is -0.126. The van der Waals surface area contributed by atoms with Crippen LogP contribution >= 0.6 is 0 Å². The number of Topliss-reactive ketones (excluding diaryl/α,β-unsaturated/α-hetero) is 2. The SMILES string of the molecule is CC(=O)C(CC(=O)CCCCCOC(=O)c1ccc(N)cc1)Cc1ccc(N)cc1. The maximum atomic E-state index is 12.3. The Hall–Kier alpha value is -3.15. The number of nitrogen functional groups attached to an aromatic ring is 2. The summed E-state index contributed by atoms with van der Waals surface area (Å²) < 4.78 is 5.23. The molecule has 0 bridgehead atoms. The van der Waals surface area contributed by atoms with Crippen LogP contribution in [0.1, 0.15) is 54.9 Å². The van der Waals surface area contributed by atoms with Crippen LogP contribution in [0.25, 0.3) is 0 Å². The molecule has 2 aromatic rings. The Balaban J connectivity index is 1.64. The predicted octanol–water partition coefficient (Wildman–Crippen LogP) is 3.98. The van der Waals surface area contributed by atoms with E-state index in [4.69, 9.17) is 16.2 Å². The Morgan fingerprint density at radius 2 is 1.47 bits per heavy atom. The molecule has 6 nitrogen and oxygen atoms in total. The molecule has 160 valence electrons.